The Kier molecular flexibility index (Phi) is 7.84. The van der Waals surface area contributed by atoms with Crippen LogP contribution in [-0.4, -0.2) is 54.3 Å². The molecule has 0 aromatic heterocycles. The maximum absolute atomic E-state index is 12.6. The molecule has 1 N–H and O–H groups in total. The highest BCUT2D eigenvalue weighted by Crippen LogP contribution is 2.28. The number of hydrogen-bond donors (Lipinski definition) is 1. The van der Waals surface area contributed by atoms with E-state index in [4.69, 9.17) is 16.3 Å². The molecular formula is C25H33ClN2O3. The van der Waals surface area contributed by atoms with Gasteiger partial charge in [-0.1, -0.05) is 29.8 Å². The lowest BCUT2D eigenvalue weighted by atomic mass is 9.87. The summed E-state index contributed by atoms with van der Waals surface area (Å²) in [5, 5.41) is 11.7. The number of carbonyl (C=O) groups excluding carboxylic acids is 1. The zero-order chi connectivity index (χ0) is 22.4. The lowest BCUT2D eigenvalue weighted by Gasteiger charge is -2.39. The topological polar surface area (TPSA) is 53.0 Å². The monoisotopic (exact) mass is 444 g/mol. The van der Waals surface area contributed by atoms with Gasteiger partial charge in [0.1, 0.15) is 5.75 Å². The van der Waals surface area contributed by atoms with E-state index in [-0.39, 0.29) is 12.0 Å². The molecule has 1 aliphatic heterocycles. The van der Waals surface area contributed by atoms with Crippen molar-refractivity contribution in [3.05, 3.63) is 59.1 Å². The lowest BCUT2D eigenvalue weighted by Crippen LogP contribution is -2.48. The third kappa shape index (κ3) is 6.62. The van der Waals surface area contributed by atoms with Gasteiger partial charge in [0.25, 0.3) is 0 Å². The second kappa shape index (κ2) is 10.4. The summed E-state index contributed by atoms with van der Waals surface area (Å²) in [7, 11) is 2.03. The fourth-order valence-electron chi connectivity index (χ4n) is 3.90. The van der Waals surface area contributed by atoms with E-state index in [0.717, 1.165) is 23.5 Å². The molecule has 31 heavy (non-hydrogen) atoms. The summed E-state index contributed by atoms with van der Waals surface area (Å²) in [5.74, 6) is 0.926. The van der Waals surface area contributed by atoms with E-state index in [1.54, 1.807) is 6.07 Å². The molecule has 0 unspecified atom stereocenters. The number of aliphatic hydroxyl groups is 1. The molecule has 1 aliphatic rings. The van der Waals surface area contributed by atoms with Crippen LogP contribution in [0.5, 0.6) is 5.75 Å². The molecule has 2 aromatic rings. The maximum atomic E-state index is 12.6. The Morgan fingerprint density at radius 3 is 2.42 bits per heavy atom. The number of piperidine rings is 1. The van der Waals surface area contributed by atoms with Gasteiger partial charge in [0, 0.05) is 37.4 Å². The number of carbonyl (C=O) groups is 1. The van der Waals surface area contributed by atoms with E-state index in [1.165, 1.54) is 0 Å². The quantitative estimate of drug-likeness (QED) is 0.649. The highest BCUT2D eigenvalue weighted by atomic mass is 35.5. The minimum atomic E-state index is -0.740. The molecule has 0 radical (unpaired) electrons. The van der Waals surface area contributed by atoms with Crippen molar-refractivity contribution < 1.29 is 14.6 Å². The number of anilines is 1. The largest absolute Gasteiger partial charge is 0.491 e. The fraction of sp³-hybridized carbons (Fsp3) is 0.480. The Hall–Kier alpha value is -2.24. The van der Waals surface area contributed by atoms with E-state index in [9.17, 15) is 9.90 Å². The molecule has 1 amide bonds. The fourth-order valence-corrected chi connectivity index (χ4v) is 4.10. The average Bonchev–Trinajstić information content (AvgIpc) is 2.74. The number of halogens is 1. The van der Waals surface area contributed by atoms with Gasteiger partial charge >= 0.3 is 0 Å². The first kappa shape index (κ1) is 23.4. The Balaban J connectivity index is 1.47. The predicted molar refractivity (Wildman–Crippen MR) is 126 cm³/mol. The molecule has 0 atom stereocenters. The van der Waals surface area contributed by atoms with Crippen molar-refractivity contribution in [1.82, 2.24) is 4.90 Å². The third-order valence-corrected chi connectivity index (χ3v) is 6.28. The van der Waals surface area contributed by atoms with Crippen LogP contribution in [0.25, 0.3) is 0 Å². The molecule has 0 bridgehead atoms. The molecule has 168 valence electrons. The SMILES string of the molecule is CC(C)Oc1ccc(N(C)CCC2(O)CCN(C(=O)Cc3ccccc3Cl)CC2)cc1. The van der Waals surface area contributed by atoms with Crippen molar-refractivity contribution in [3.63, 3.8) is 0 Å². The van der Waals surface area contributed by atoms with E-state index in [0.29, 0.717) is 43.8 Å². The van der Waals surface area contributed by atoms with Crippen molar-refractivity contribution in [3.8, 4) is 5.75 Å². The van der Waals surface area contributed by atoms with Gasteiger partial charge in [-0.05, 0) is 69.0 Å². The molecule has 1 saturated heterocycles. The summed E-state index contributed by atoms with van der Waals surface area (Å²) in [6, 6.07) is 15.5. The van der Waals surface area contributed by atoms with Crippen molar-refractivity contribution in [2.24, 2.45) is 0 Å². The molecule has 1 fully saturated rings. The van der Waals surface area contributed by atoms with Gasteiger partial charge in [-0.15, -0.1) is 0 Å². The first-order chi connectivity index (χ1) is 14.8. The lowest BCUT2D eigenvalue weighted by molar-refractivity contribution is -0.134. The highest BCUT2D eigenvalue weighted by molar-refractivity contribution is 6.31. The number of likely N-dealkylation sites (tertiary alicyclic amines) is 1. The van der Waals surface area contributed by atoms with Gasteiger partial charge in [0.15, 0.2) is 0 Å². The van der Waals surface area contributed by atoms with Crippen molar-refractivity contribution >= 4 is 23.2 Å². The van der Waals surface area contributed by atoms with Gasteiger partial charge in [-0.25, -0.2) is 0 Å². The van der Waals surface area contributed by atoms with Gasteiger partial charge in [0.05, 0.1) is 18.1 Å². The van der Waals surface area contributed by atoms with Gasteiger partial charge < -0.3 is 19.6 Å². The molecule has 0 aliphatic carbocycles. The Bertz CT molecular complexity index is 861. The minimum absolute atomic E-state index is 0.0657. The smallest absolute Gasteiger partial charge is 0.227 e. The van der Waals surface area contributed by atoms with E-state index >= 15 is 0 Å². The first-order valence-electron chi connectivity index (χ1n) is 11.0. The summed E-state index contributed by atoms with van der Waals surface area (Å²) in [6.07, 6.45) is 2.31. The van der Waals surface area contributed by atoms with E-state index in [1.807, 2.05) is 68.3 Å². The molecule has 5 nitrogen and oxygen atoms in total. The van der Waals surface area contributed by atoms with Crippen molar-refractivity contribution in [2.75, 3.05) is 31.6 Å². The number of ether oxygens (including phenoxy) is 1. The van der Waals surface area contributed by atoms with Crippen LogP contribution in [0.3, 0.4) is 0 Å². The Morgan fingerprint density at radius 1 is 1.16 bits per heavy atom. The van der Waals surface area contributed by atoms with Crippen molar-refractivity contribution in [2.45, 2.75) is 51.2 Å². The molecule has 1 heterocycles. The van der Waals surface area contributed by atoms with Crippen LogP contribution in [0.15, 0.2) is 48.5 Å². The molecule has 2 aromatic carbocycles. The Morgan fingerprint density at radius 2 is 1.81 bits per heavy atom. The second-order valence-electron chi connectivity index (χ2n) is 8.71. The summed E-state index contributed by atoms with van der Waals surface area (Å²) in [5.41, 5.74) is 1.20. The maximum Gasteiger partial charge on any atom is 0.227 e. The molecule has 6 heteroatoms. The van der Waals surface area contributed by atoms with Crippen LogP contribution in [0, 0.1) is 0 Å². The van der Waals surface area contributed by atoms with Crippen LogP contribution >= 0.6 is 11.6 Å². The molecule has 3 rings (SSSR count). The van der Waals surface area contributed by atoms with Crippen LogP contribution < -0.4 is 9.64 Å². The zero-order valence-electron chi connectivity index (χ0n) is 18.7. The zero-order valence-corrected chi connectivity index (χ0v) is 19.4. The van der Waals surface area contributed by atoms with Gasteiger partial charge in [0.2, 0.25) is 5.91 Å². The van der Waals surface area contributed by atoms with E-state index in [2.05, 4.69) is 4.90 Å². The second-order valence-corrected chi connectivity index (χ2v) is 9.11. The van der Waals surface area contributed by atoms with Crippen LogP contribution in [0.2, 0.25) is 5.02 Å². The van der Waals surface area contributed by atoms with Crippen LogP contribution in [0.1, 0.15) is 38.7 Å². The molecule has 0 spiro atoms. The van der Waals surface area contributed by atoms with Gasteiger partial charge in [-0.3, -0.25) is 4.79 Å². The Labute approximate surface area is 190 Å². The van der Waals surface area contributed by atoms with Crippen LogP contribution in [0.4, 0.5) is 5.69 Å². The average molecular weight is 445 g/mol. The van der Waals surface area contributed by atoms with Crippen molar-refractivity contribution in [1.29, 1.82) is 0 Å². The summed E-state index contributed by atoms with van der Waals surface area (Å²) in [6.45, 7) is 5.91. The first-order valence-corrected chi connectivity index (χ1v) is 11.3. The minimum Gasteiger partial charge on any atom is -0.491 e. The number of amides is 1. The third-order valence-electron chi connectivity index (χ3n) is 5.91. The normalized spacial score (nSPS) is 15.7. The number of rotatable bonds is 8. The summed E-state index contributed by atoms with van der Waals surface area (Å²) >= 11 is 6.18. The number of benzene rings is 2. The van der Waals surface area contributed by atoms with E-state index < -0.39 is 5.60 Å². The standard InChI is InChI=1S/C25H33ClN2O3/c1-19(2)31-22-10-8-21(9-11-22)27(3)15-12-25(30)13-16-28(17-14-25)24(29)18-20-6-4-5-7-23(20)26/h4-11,19,30H,12-18H2,1-3H3. The number of hydrogen-bond acceptors (Lipinski definition) is 4. The molecule has 0 saturated carbocycles. The van der Waals surface area contributed by atoms with Crippen LogP contribution in [-0.2, 0) is 11.2 Å². The molecular weight excluding hydrogens is 412 g/mol. The predicted octanol–water partition coefficient (Wildman–Crippen LogP) is 4.55. The summed E-state index contributed by atoms with van der Waals surface area (Å²) < 4.78 is 5.70. The number of nitrogens with zero attached hydrogens (tertiary/aromatic N) is 2. The summed E-state index contributed by atoms with van der Waals surface area (Å²) in [4.78, 5) is 16.6. The highest BCUT2D eigenvalue weighted by Gasteiger charge is 2.33. The van der Waals surface area contributed by atoms with Gasteiger partial charge in [-0.2, -0.15) is 0 Å².